The van der Waals surface area contributed by atoms with E-state index in [9.17, 15) is 14.4 Å². The van der Waals surface area contributed by atoms with Crippen LogP contribution in [0.1, 0.15) is 29.3 Å². The molecule has 0 bridgehead atoms. The van der Waals surface area contributed by atoms with Gasteiger partial charge in [0, 0.05) is 29.1 Å². The summed E-state index contributed by atoms with van der Waals surface area (Å²) in [5.74, 6) is 0.337. The van der Waals surface area contributed by atoms with Gasteiger partial charge in [-0.05, 0) is 30.7 Å². The minimum absolute atomic E-state index is 0.316. The molecule has 8 heteroatoms. The van der Waals surface area contributed by atoms with Crippen LogP contribution in [0, 0.1) is 0 Å². The predicted octanol–water partition coefficient (Wildman–Crippen LogP) is 2.98. The number of rotatable bonds is 4. The van der Waals surface area contributed by atoms with E-state index in [1.165, 1.54) is 0 Å². The number of hydrogen-bond donors (Lipinski definition) is 2. The van der Waals surface area contributed by atoms with Gasteiger partial charge in [-0.3, -0.25) is 14.5 Å². The zero-order valence-electron chi connectivity index (χ0n) is 16.9. The third-order valence-electron chi connectivity index (χ3n) is 5.79. The normalized spacial score (nSPS) is 20.6. The van der Waals surface area contributed by atoms with E-state index < -0.39 is 17.5 Å². The minimum Gasteiger partial charge on any atom is -0.490 e. The fraction of sp³-hybridized carbons (Fsp3) is 0.261. The number of hydrogen-bond acceptors (Lipinski definition) is 5. The van der Waals surface area contributed by atoms with Crippen molar-refractivity contribution in [3.63, 3.8) is 0 Å². The first-order valence-electron chi connectivity index (χ1n) is 10.1. The van der Waals surface area contributed by atoms with Crippen molar-refractivity contribution < 1.29 is 23.9 Å². The molecule has 0 radical (unpaired) electrons. The number of para-hydroxylation sites is 1. The smallest absolute Gasteiger partial charge is 0.325 e. The van der Waals surface area contributed by atoms with Crippen LogP contribution in [-0.4, -0.2) is 47.4 Å². The van der Waals surface area contributed by atoms with E-state index in [1.807, 2.05) is 24.3 Å². The van der Waals surface area contributed by atoms with Crippen molar-refractivity contribution in [2.45, 2.75) is 18.9 Å². The highest BCUT2D eigenvalue weighted by atomic mass is 16.5. The average Bonchev–Trinajstić information content (AvgIpc) is 3.18. The lowest BCUT2D eigenvalue weighted by atomic mass is 9.91. The Kier molecular flexibility index (Phi) is 4.43. The minimum atomic E-state index is -1.30. The summed E-state index contributed by atoms with van der Waals surface area (Å²) in [6.07, 6.45) is 2.37. The van der Waals surface area contributed by atoms with Crippen molar-refractivity contribution in [3.05, 3.63) is 59.8 Å². The molecule has 0 saturated carbocycles. The van der Waals surface area contributed by atoms with Gasteiger partial charge in [0.15, 0.2) is 17.3 Å². The molecule has 0 unspecified atom stereocenters. The number of amides is 3. The molecule has 0 spiro atoms. The lowest BCUT2D eigenvalue weighted by molar-refractivity contribution is -0.130. The lowest BCUT2D eigenvalue weighted by Crippen LogP contribution is -2.41. The van der Waals surface area contributed by atoms with Gasteiger partial charge in [0.05, 0.1) is 19.8 Å². The van der Waals surface area contributed by atoms with Crippen LogP contribution in [0.2, 0.25) is 0 Å². The first-order chi connectivity index (χ1) is 15.0. The van der Waals surface area contributed by atoms with Gasteiger partial charge < -0.3 is 19.8 Å². The van der Waals surface area contributed by atoms with Gasteiger partial charge in [-0.2, -0.15) is 0 Å². The molecule has 2 aromatic carbocycles. The van der Waals surface area contributed by atoms with E-state index in [4.69, 9.17) is 9.47 Å². The number of aromatic nitrogens is 1. The molecule has 1 atom stereocenters. The van der Waals surface area contributed by atoms with Crippen molar-refractivity contribution in [1.82, 2.24) is 15.2 Å². The zero-order chi connectivity index (χ0) is 21.6. The van der Waals surface area contributed by atoms with Gasteiger partial charge in [0.2, 0.25) is 0 Å². The highest BCUT2D eigenvalue weighted by Gasteiger charge is 2.49. The Labute approximate surface area is 178 Å². The quantitative estimate of drug-likeness (QED) is 0.500. The van der Waals surface area contributed by atoms with Crippen LogP contribution in [0.25, 0.3) is 10.9 Å². The number of urea groups is 1. The number of nitrogens with one attached hydrogen (secondary N) is 2. The van der Waals surface area contributed by atoms with Gasteiger partial charge >= 0.3 is 6.03 Å². The zero-order valence-corrected chi connectivity index (χ0v) is 16.9. The van der Waals surface area contributed by atoms with Crippen molar-refractivity contribution in [2.75, 3.05) is 19.8 Å². The molecule has 3 amide bonds. The number of ketones is 1. The van der Waals surface area contributed by atoms with E-state index in [0.29, 0.717) is 35.8 Å². The summed E-state index contributed by atoms with van der Waals surface area (Å²) < 4.78 is 11.4. The summed E-state index contributed by atoms with van der Waals surface area (Å²) >= 11 is 0. The van der Waals surface area contributed by atoms with Crippen LogP contribution < -0.4 is 14.8 Å². The summed E-state index contributed by atoms with van der Waals surface area (Å²) in [4.78, 5) is 42.8. The number of nitrogens with zero attached hydrogens (tertiary/aromatic N) is 1. The van der Waals surface area contributed by atoms with Gasteiger partial charge in [-0.1, -0.05) is 24.3 Å². The molecule has 8 nitrogen and oxygen atoms in total. The molecule has 2 aliphatic heterocycles. The number of fused-ring (bicyclic) bond motifs is 2. The van der Waals surface area contributed by atoms with E-state index in [2.05, 4.69) is 10.3 Å². The number of ether oxygens (including phenoxy) is 2. The van der Waals surface area contributed by atoms with Crippen LogP contribution in [0.3, 0.4) is 0 Å². The highest BCUT2D eigenvalue weighted by molar-refractivity contribution is 6.14. The molecule has 2 N–H and O–H groups in total. The van der Waals surface area contributed by atoms with Gasteiger partial charge in [-0.25, -0.2) is 4.79 Å². The second-order valence-electron chi connectivity index (χ2n) is 7.83. The Morgan fingerprint density at radius 2 is 1.87 bits per heavy atom. The number of carbonyl (C=O) groups is 3. The van der Waals surface area contributed by atoms with E-state index in [-0.39, 0.29) is 12.3 Å². The fourth-order valence-corrected chi connectivity index (χ4v) is 4.04. The van der Waals surface area contributed by atoms with Crippen LogP contribution in [0.5, 0.6) is 11.5 Å². The van der Waals surface area contributed by atoms with E-state index in [1.54, 1.807) is 31.3 Å². The molecule has 3 heterocycles. The van der Waals surface area contributed by atoms with Crippen molar-refractivity contribution >= 4 is 28.6 Å². The molecule has 2 aliphatic rings. The molecule has 1 saturated heterocycles. The molecule has 1 aromatic heterocycles. The largest absolute Gasteiger partial charge is 0.490 e. The molecular weight excluding hydrogens is 398 g/mol. The molecule has 31 heavy (non-hydrogen) atoms. The van der Waals surface area contributed by atoms with Crippen molar-refractivity contribution in [1.29, 1.82) is 0 Å². The summed E-state index contributed by atoms with van der Waals surface area (Å²) in [5.41, 5.74) is 0.528. The monoisotopic (exact) mass is 419 g/mol. The van der Waals surface area contributed by atoms with E-state index >= 15 is 0 Å². The highest BCUT2D eigenvalue weighted by Crippen LogP contribution is 2.36. The third kappa shape index (κ3) is 3.11. The fourth-order valence-electron chi connectivity index (χ4n) is 4.04. The van der Waals surface area contributed by atoms with Crippen LogP contribution in [-0.2, 0) is 10.3 Å². The van der Waals surface area contributed by atoms with Gasteiger partial charge in [0.1, 0.15) is 5.54 Å². The van der Waals surface area contributed by atoms with Crippen molar-refractivity contribution in [2.24, 2.45) is 0 Å². The number of benzene rings is 2. The van der Waals surface area contributed by atoms with Gasteiger partial charge in [0.25, 0.3) is 5.91 Å². The Hall–Kier alpha value is -3.81. The molecule has 3 aromatic rings. The Balaban J connectivity index is 1.41. The molecule has 1 fully saturated rings. The Bertz CT molecular complexity index is 1220. The second kappa shape index (κ2) is 7.16. The predicted molar refractivity (Wildman–Crippen MR) is 112 cm³/mol. The summed E-state index contributed by atoms with van der Waals surface area (Å²) in [6.45, 7) is 2.36. The third-order valence-corrected chi connectivity index (χ3v) is 5.79. The average molecular weight is 419 g/mol. The number of imide groups is 1. The standard InChI is InChI=1S/C23H21N3O5/c1-23(14-7-8-19-20(11-14)31-10-4-9-30-19)21(28)26(22(29)25-23)13-18(27)16-12-24-17-6-3-2-5-15(16)17/h2-3,5-8,11-12,24H,4,9-10,13H2,1H3,(H,25,29)/t23-/m1/s1. The Morgan fingerprint density at radius 1 is 1.10 bits per heavy atom. The number of carbonyl (C=O) groups excluding carboxylic acids is 3. The van der Waals surface area contributed by atoms with Gasteiger partial charge in [-0.15, -0.1) is 0 Å². The summed E-state index contributed by atoms with van der Waals surface area (Å²) in [5, 5.41) is 3.49. The van der Waals surface area contributed by atoms with Crippen LogP contribution >= 0.6 is 0 Å². The maximum atomic E-state index is 13.3. The second-order valence-corrected chi connectivity index (χ2v) is 7.83. The molecular formula is C23H21N3O5. The van der Waals surface area contributed by atoms with E-state index in [0.717, 1.165) is 22.2 Å². The molecule has 0 aliphatic carbocycles. The van der Waals surface area contributed by atoms with Crippen LogP contribution in [0.15, 0.2) is 48.7 Å². The first kappa shape index (κ1) is 19.2. The molecule has 5 rings (SSSR count). The SMILES string of the molecule is C[C@]1(c2ccc3c(c2)OCCCO3)NC(=O)N(CC(=O)c2c[nH]c3ccccc23)C1=O. The maximum absolute atomic E-state index is 13.3. The maximum Gasteiger partial charge on any atom is 0.325 e. The van der Waals surface area contributed by atoms with Crippen molar-refractivity contribution in [3.8, 4) is 11.5 Å². The number of aromatic amines is 1. The summed E-state index contributed by atoms with van der Waals surface area (Å²) in [6, 6.07) is 12.0. The topological polar surface area (TPSA) is 101 Å². The first-order valence-corrected chi connectivity index (χ1v) is 10.1. The molecule has 158 valence electrons. The number of Topliss-reactive ketones (excluding diaryl/α,β-unsaturated/α-hetero) is 1. The van der Waals surface area contributed by atoms with Crippen LogP contribution in [0.4, 0.5) is 4.79 Å². The Morgan fingerprint density at radius 3 is 2.71 bits per heavy atom. The number of H-pyrrole nitrogens is 1. The summed E-state index contributed by atoms with van der Waals surface area (Å²) in [7, 11) is 0. The lowest BCUT2D eigenvalue weighted by Gasteiger charge is -2.23.